The number of hydrogen-bond acceptors (Lipinski definition) is 4. The first kappa shape index (κ1) is 20.2. The van der Waals surface area contributed by atoms with Crippen molar-refractivity contribution >= 4 is 17.8 Å². The average molecular weight is 386 g/mol. The molecule has 2 rings (SSSR count). The Morgan fingerprint density at radius 1 is 1.19 bits per heavy atom. The number of nitrogens with zero attached hydrogens (tertiary/aromatic N) is 2. The van der Waals surface area contributed by atoms with E-state index in [9.17, 15) is 27.9 Å². The van der Waals surface area contributed by atoms with Crippen LogP contribution >= 0.6 is 0 Å². The van der Waals surface area contributed by atoms with Crippen molar-refractivity contribution in [2.45, 2.75) is 25.2 Å². The fourth-order valence-electron chi connectivity index (χ4n) is 2.03. The Kier molecular flexibility index (Phi) is 5.74. The van der Waals surface area contributed by atoms with Crippen LogP contribution in [0, 0.1) is 0 Å². The van der Waals surface area contributed by atoms with Crippen LogP contribution in [0.15, 0.2) is 36.5 Å². The largest absolute Gasteiger partial charge is 0.479 e. The summed E-state index contributed by atoms with van der Waals surface area (Å²) in [4.78, 5) is 22.6. The molecule has 0 bridgehead atoms. The number of aromatic nitrogens is 2. The highest BCUT2D eigenvalue weighted by Gasteiger charge is 2.31. The van der Waals surface area contributed by atoms with Gasteiger partial charge in [0, 0.05) is 6.07 Å². The summed E-state index contributed by atoms with van der Waals surface area (Å²) in [5, 5.41) is 27.0. The van der Waals surface area contributed by atoms with E-state index < -0.39 is 35.9 Å². The molecule has 1 aromatic carbocycles. The number of carbonyl (C=O) groups excluding carboxylic acids is 1. The summed E-state index contributed by atoms with van der Waals surface area (Å²) in [6.07, 6.45) is -3.04. The maximum Gasteiger partial charge on any atom is 0.416 e. The molecular formula is C16H17F3N4O4. The van der Waals surface area contributed by atoms with Crippen LogP contribution < -0.4 is 10.6 Å². The topological polar surface area (TPSA) is 116 Å². The fraction of sp³-hybridized carbons (Fsp3) is 0.312. The van der Waals surface area contributed by atoms with Crippen LogP contribution in [0.2, 0.25) is 0 Å². The minimum absolute atomic E-state index is 0.105. The van der Waals surface area contributed by atoms with Crippen molar-refractivity contribution in [2.75, 3.05) is 11.9 Å². The molecule has 0 saturated carbocycles. The number of anilines is 1. The van der Waals surface area contributed by atoms with Crippen molar-refractivity contribution in [1.82, 2.24) is 15.1 Å². The number of benzene rings is 1. The van der Waals surface area contributed by atoms with Gasteiger partial charge in [-0.1, -0.05) is 12.1 Å². The molecule has 2 amide bonds. The number of carboxylic acids is 1. The lowest BCUT2D eigenvalue weighted by Crippen LogP contribution is -2.47. The van der Waals surface area contributed by atoms with Gasteiger partial charge >= 0.3 is 18.2 Å². The van der Waals surface area contributed by atoms with Crippen molar-refractivity contribution in [3.63, 3.8) is 0 Å². The zero-order valence-electron chi connectivity index (χ0n) is 14.1. The van der Waals surface area contributed by atoms with Gasteiger partial charge in [-0.15, -0.1) is 0 Å². The smallest absolute Gasteiger partial charge is 0.416 e. The number of carboxylic acid groups (broad SMARTS) is 1. The third-order valence-electron chi connectivity index (χ3n) is 3.63. The Morgan fingerprint density at radius 3 is 2.37 bits per heavy atom. The number of aliphatic carboxylic acids is 1. The van der Waals surface area contributed by atoms with Gasteiger partial charge in [0.1, 0.15) is 5.82 Å². The van der Waals surface area contributed by atoms with Crippen LogP contribution in [0.5, 0.6) is 0 Å². The van der Waals surface area contributed by atoms with Crippen LogP contribution in [0.25, 0.3) is 0 Å². The van der Waals surface area contributed by atoms with E-state index in [1.807, 2.05) is 0 Å². The first-order valence-electron chi connectivity index (χ1n) is 7.67. The maximum absolute atomic E-state index is 12.6. The van der Waals surface area contributed by atoms with Gasteiger partial charge in [-0.2, -0.15) is 18.3 Å². The zero-order chi connectivity index (χ0) is 20.2. The van der Waals surface area contributed by atoms with E-state index in [1.165, 1.54) is 29.1 Å². The van der Waals surface area contributed by atoms with Crippen molar-refractivity contribution in [3.8, 4) is 0 Å². The normalized spacial score (nSPS) is 13.7. The Labute approximate surface area is 151 Å². The SMILES string of the molecule is CC(O)(CNC(=O)Nc1ccnn1Cc1ccc(C(F)(F)F)cc1)C(=O)O. The van der Waals surface area contributed by atoms with Crippen molar-refractivity contribution < 1.29 is 33.0 Å². The third kappa shape index (κ3) is 5.45. The van der Waals surface area contributed by atoms with Gasteiger partial charge in [-0.3, -0.25) is 5.32 Å². The molecule has 0 fully saturated rings. The summed E-state index contributed by atoms with van der Waals surface area (Å²) < 4.78 is 39.1. The standard InChI is InChI=1S/C16H17F3N4O4/c1-15(27,13(24)25)9-20-14(26)22-12-6-7-21-23(12)8-10-2-4-11(5-3-10)16(17,18)19/h2-7,27H,8-9H2,1H3,(H,24,25)(H2,20,22,26). The summed E-state index contributed by atoms with van der Waals surface area (Å²) in [7, 11) is 0. The van der Waals surface area contributed by atoms with E-state index in [4.69, 9.17) is 5.11 Å². The highest BCUT2D eigenvalue weighted by Crippen LogP contribution is 2.29. The second kappa shape index (κ2) is 7.66. The maximum atomic E-state index is 12.6. The summed E-state index contributed by atoms with van der Waals surface area (Å²) in [5.41, 5.74) is -2.36. The Hall–Kier alpha value is -3.08. The number of nitrogens with one attached hydrogen (secondary N) is 2. The first-order chi connectivity index (χ1) is 12.5. The van der Waals surface area contributed by atoms with Gasteiger partial charge in [0.2, 0.25) is 0 Å². The Balaban J connectivity index is 1.99. The fourth-order valence-corrected chi connectivity index (χ4v) is 2.03. The van der Waals surface area contributed by atoms with E-state index in [1.54, 1.807) is 0 Å². The molecule has 1 unspecified atom stereocenters. The van der Waals surface area contributed by atoms with Gasteiger partial charge in [0.05, 0.1) is 24.8 Å². The number of aliphatic hydroxyl groups is 1. The van der Waals surface area contributed by atoms with Crippen LogP contribution in [-0.4, -0.2) is 44.1 Å². The lowest BCUT2D eigenvalue weighted by atomic mass is 10.1. The summed E-state index contributed by atoms with van der Waals surface area (Å²) >= 11 is 0. The van der Waals surface area contributed by atoms with Gasteiger partial charge in [0.15, 0.2) is 5.60 Å². The molecule has 0 aliphatic rings. The number of urea groups is 1. The van der Waals surface area contributed by atoms with E-state index in [0.29, 0.717) is 5.56 Å². The predicted molar refractivity (Wildman–Crippen MR) is 88.1 cm³/mol. The van der Waals surface area contributed by atoms with Crippen molar-refractivity contribution in [3.05, 3.63) is 47.7 Å². The zero-order valence-corrected chi connectivity index (χ0v) is 14.1. The quantitative estimate of drug-likeness (QED) is 0.605. The Bertz CT molecular complexity index is 816. The number of alkyl halides is 3. The number of hydrogen-bond donors (Lipinski definition) is 4. The van der Waals surface area contributed by atoms with Crippen LogP contribution in [-0.2, 0) is 17.5 Å². The van der Waals surface area contributed by atoms with Crippen LogP contribution in [0.4, 0.5) is 23.8 Å². The molecule has 2 aromatic rings. The van der Waals surface area contributed by atoms with Gasteiger partial charge in [-0.25, -0.2) is 14.3 Å². The van der Waals surface area contributed by atoms with Gasteiger partial charge in [-0.05, 0) is 24.6 Å². The lowest BCUT2D eigenvalue weighted by Gasteiger charge is -2.18. The molecule has 0 spiro atoms. The molecule has 8 nitrogen and oxygen atoms in total. The minimum Gasteiger partial charge on any atom is -0.479 e. The highest BCUT2D eigenvalue weighted by atomic mass is 19.4. The van der Waals surface area contributed by atoms with E-state index in [2.05, 4.69) is 15.7 Å². The summed E-state index contributed by atoms with van der Waals surface area (Å²) in [5.74, 6) is -1.25. The van der Waals surface area contributed by atoms with Crippen molar-refractivity contribution in [1.29, 1.82) is 0 Å². The molecule has 1 atom stereocenters. The molecule has 0 radical (unpaired) electrons. The predicted octanol–water partition coefficient (Wildman–Crippen LogP) is 1.91. The first-order valence-corrected chi connectivity index (χ1v) is 7.67. The highest BCUT2D eigenvalue weighted by molar-refractivity contribution is 5.89. The van der Waals surface area contributed by atoms with E-state index >= 15 is 0 Å². The van der Waals surface area contributed by atoms with Gasteiger partial charge < -0.3 is 15.5 Å². The number of halogens is 3. The summed E-state index contributed by atoms with van der Waals surface area (Å²) in [6.45, 7) is 0.610. The summed E-state index contributed by atoms with van der Waals surface area (Å²) in [6, 6.07) is 5.19. The molecule has 4 N–H and O–H groups in total. The second-order valence-corrected chi connectivity index (χ2v) is 5.96. The molecule has 0 saturated heterocycles. The van der Waals surface area contributed by atoms with E-state index in [-0.39, 0.29) is 12.4 Å². The van der Waals surface area contributed by atoms with E-state index in [0.717, 1.165) is 19.1 Å². The number of carbonyl (C=O) groups is 2. The minimum atomic E-state index is -4.42. The molecule has 11 heteroatoms. The van der Waals surface area contributed by atoms with Crippen molar-refractivity contribution in [2.24, 2.45) is 0 Å². The van der Waals surface area contributed by atoms with Crippen LogP contribution in [0.1, 0.15) is 18.1 Å². The number of rotatable bonds is 6. The lowest BCUT2D eigenvalue weighted by molar-refractivity contribution is -0.155. The molecule has 0 aliphatic heterocycles. The molecule has 27 heavy (non-hydrogen) atoms. The molecule has 146 valence electrons. The monoisotopic (exact) mass is 386 g/mol. The molecule has 1 aromatic heterocycles. The Morgan fingerprint density at radius 2 is 1.81 bits per heavy atom. The number of amides is 2. The van der Waals surface area contributed by atoms with Gasteiger partial charge in [0.25, 0.3) is 0 Å². The molecule has 1 heterocycles. The second-order valence-electron chi connectivity index (χ2n) is 5.96. The molecular weight excluding hydrogens is 369 g/mol. The van der Waals surface area contributed by atoms with Crippen LogP contribution in [0.3, 0.4) is 0 Å². The molecule has 0 aliphatic carbocycles. The average Bonchev–Trinajstić information content (AvgIpc) is 2.99. The third-order valence-corrected chi connectivity index (χ3v) is 3.63.